The number of carboxylic acid groups (broad SMARTS) is 1. The molecule has 0 aliphatic carbocycles. The number of halogens is 3. The molecule has 7 N–H and O–H groups in total. The van der Waals surface area contributed by atoms with Gasteiger partial charge in [0.1, 0.15) is 0 Å². The molecule has 3 fully saturated rings. The van der Waals surface area contributed by atoms with Gasteiger partial charge in [0.2, 0.25) is 17.4 Å². The summed E-state index contributed by atoms with van der Waals surface area (Å²) in [4.78, 5) is 21.8. The fourth-order valence-corrected chi connectivity index (χ4v) is 8.10. The number of morpholine rings is 3. The van der Waals surface area contributed by atoms with Crippen LogP contribution >= 0.6 is 34.8 Å². The molecule has 0 aromatic heterocycles. The van der Waals surface area contributed by atoms with Crippen molar-refractivity contribution in [1.82, 2.24) is 16.0 Å². The van der Waals surface area contributed by atoms with Crippen LogP contribution in [0, 0.1) is 6.92 Å². The third kappa shape index (κ3) is 14.7. The number of carbonyl (C=O) groups excluding carboxylic acids is 1. The summed E-state index contributed by atoms with van der Waals surface area (Å²) in [5, 5.41) is 52.2. The maximum absolute atomic E-state index is 11.4. The lowest BCUT2D eigenvalue weighted by molar-refractivity contribution is -0.263. The number of aliphatic hydroxyl groups is 3. The number of ether oxygens (including phenoxy) is 4. The van der Waals surface area contributed by atoms with E-state index in [1.165, 1.54) is 6.92 Å². The van der Waals surface area contributed by atoms with E-state index in [0.29, 0.717) is 57.1 Å². The van der Waals surface area contributed by atoms with E-state index >= 15 is 0 Å². The first kappa shape index (κ1) is 54.9. The summed E-state index contributed by atoms with van der Waals surface area (Å²) in [6.45, 7) is 22.5. The first-order valence-electron chi connectivity index (χ1n) is 21.7. The summed E-state index contributed by atoms with van der Waals surface area (Å²) >= 11 is 17.8. The number of esters is 1. The van der Waals surface area contributed by atoms with Crippen LogP contribution in [-0.4, -0.2) is 93.0 Å². The molecule has 3 aliphatic rings. The molecule has 0 saturated carbocycles. The Balaban J connectivity index is 0.000000193. The number of aryl methyl sites for hydroxylation is 1. The van der Waals surface area contributed by atoms with Crippen molar-refractivity contribution in [3.63, 3.8) is 0 Å². The van der Waals surface area contributed by atoms with Crippen molar-refractivity contribution in [1.29, 1.82) is 0 Å². The zero-order chi connectivity index (χ0) is 49.5. The van der Waals surface area contributed by atoms with E-state index in [9.17, 15) is 24.9 Å². The van der Waals surface area contributed by atoms with Crippen molar-refractivity contribution in [3.05, 3.63) is 140 Å². The molecule has 3 saturated heterocycles. The van der Waals surface area contributed by atoms with Gasteiger partial charge in [0.15, 0.2) is 6.10 Å². The first-order valence-corrected chi connectivity index (χ1v) is 22.8. The highest BCUT2D eigenvalue weighted by atomic mass is 35.5. The number of hydrogen-bond donors (Lipinski definition) is 7. The van der Waals surface area contributed by atoms with E-state index in [-0.39, 0.29) is 34.7 Å². The normalized spacial score (nSPS) is 27.7. The second kappa shape index (κ2) is 22.2. The molecule has 1 unspecified atom stereocenters. The average molecular weight is 975 g/mol. The van der Waals surface area contributed by atoms with Crippen LogP contribution in [0.3, 0.4) is 0 Å². The lowest BCUT2D eigenvalue weighted by atomic mass is 9.93. The number of hydrogen-bond acceptors (Lipinski definition) is 12. The minimum Gasteiger partial charge on any atom is -0.479 e. The van der Waals surface area contributed by atoms with Crippen LogP contribution in [0.15, 0.2) is 97.1 Å². The van der Waals surface area contributed by atoms with E-state index in [2.05, 4.69) is 16.0 Å². The van der Waals surface area contributed by atoms with Gasteiger partial charge in [-0.05, 0) is 125 Å². The van der Waals surface area contributed by atoms with Crippen LogP contribution in [-0.2, 0) is 41.1 Å². The molecule has 4 aromatic carbocycles. The lowest BCUT2D eigenvalue weighted by Crippen LogP contribution is -2.63. The van der Waals surface area contributed by atoms with Gasteiger partial charge in [0.25, 0.3) is 0 Å². The second-order valence-corrected chi connectivity index (χ2v) is 20.3. The Labute approximate surface area is 404 Å². The van der Waals surface area contributed by atoms with Crippen molar-refractivity contribution in [3.8, 4) is 0 Å². The summed E-state index contributed by atoms with van der Waals surface area (Å²) in [6, 6.07) is 27.6. The van der Waals surface area contributed by atoms with E-state index in [0.717, 1.165) is 5.56 Å². The smallest absolute Gasteiger partial charge is 0.344 e. The van der Waals surface area contributed by atoms with E-state index in [1.807, 2.05) is 106 Å². The summed E-state index contributed by atoms with van der Waals surface area (Å²) in [5.41, 5.74) is 3.02. The molecule has 13 nitrogen and oxygen atoms in total. The molecule has 362 valence electrons. The summed E-state index contributed by atoms with van der Waals surface area (Å²) in [6.07, 6.45) is -1.13. The van der Waals surface area contributed by atoms with Gasteiger partial charge >= 0.3 is 11.9 Å². The van der Waals surface area contributed by atoms with Crippen molar-refractivity contribution < 1.29 is 49.0 Å². The fraction of sp³-hybridized carbons (Fsp3) is 0.480. The summed E-state index contributed by atoms with van der Waals surface area (Å²) < 4.78 is 21.7. The molecule has 3 aliphatic heterocycles. The van der Waals surface area contributed by atoms with Gasteiger partial charge in [-0.25, -0.2) is 9.59 Å². The number of benzene rings is 4. The second-order valence-electron chi connectivity index (χ2n) is 19.0. The van der Waals surface area contributed by atoms with Crippen molar-refractivity contribution in [2.45, 2.75) is 134 Å². The molecule has 7 rings (SSSR count). The summed E-state index contributed by atoms with van der Waals surface area (Å²) in [7, 11) is 0. The fourth-order valence-electron chi connectivity index (χ4n) is 7.53. The minimum atomic E-state index is -1.32. The van der Waals surface area contributed by atoms with Gasteiger partial charge in [-0.2, -0.15) is 0 Å². The van der Waals surface area contributed by atoms with Crippen LogP contribution < -0.4 is 16.0 Å². The van der Waals surface area contributed by atoms with Gasteiger partial charge in [-0.3, -0.25) is 0 Å². The third-order valence-corrected chi connectivity index (χ3v) is 11.9. The Kier molecular flexibility index (Phi) is 18.5. The standard InChI is InChI=1S/3C13H18ClNO2.C11H12O4/c3*1-9-13(16,17-8-12(2,3)15-9)10-5-4-6-11(14)7-10;1-7-3-5-9(6-4-7)11(14)15-8(2)10(12)13/h3*4-7,9,15-16H,8H2,1-3H3;3-6,8H,1-2H3,(H,12,13)/t2*9-,13+;9-,13-;/m101./s1. The van der Waals surface area contributed by atoms with Gasteiger partial charge < -0.3 is 55.3 Å². The molecule has 0 spiro atoms. The largest absolute Gasteiger partial charge is 0.479 e. The number of nitrogens with one attached hydrogen (secondary N) is 3. The Morgan fingerprint density at radius 2 is 0.894 bits per heavy atom. The predicted molar refractivity (Wildman–Crippen MR) is 258 cm³/mol. The Hall–Kier alpha value is -3.67. The minimum absolute atomic E-state index is 0.135. The van der Waals surface area contributed by atoms with Crippen LogP contribution in [0.2, 0.25) is 15.1 Å². The topological polar surface area (TPSA) is 188 Å². The van der Waals surface area contributed by atoms with Crippen LogP contribution in [0.4, 0.5) is 0 Å². The van der Waals surface area contributed by atoms with Crippen molar-refractivity contribution >= 4 is 46.7 Å². The molecular formula is C50H66Cl3N3O10. The first-order chi connectivity index (χ1) is 30.5. The van der Waals surface area contributed by atoms with Gasteiger partial charge in [-0.1, -0.05) is 88.9 Å². The lowest BCUT2D eigenvalue weighted by Gasteiger charge is -2.46. The molecule has 66 heavy (non-hydrogen) atoms. The number of carboxylic acids is 1. The van der Waals surface area contributed by atoms with Gasteiger partial charge in [0, 0.05) is 48.4 Å². The maximum Gasteiger partial charge on any atom is 0.344 e. The third-order valence-electron chi connectivity index (χ3n) is 11.2. The molecular weight excluding hydrogens is 909 g/mol. The Bertz CT molecular complexity index is 2070. The van der Waals surface area contributed by atoms with Crippen LogP contribution in [0.25, 0.3) is 0 Å². The SMILES string of the molecule is C[C@@H]1NC(C)(C)CO[C@@]1(O)c1cccc(Cl)c1.C[C@H]1NC(C)(C)CO[C@@]1(O)c1cccc(Cl)c1.C[C@H]1NC(C)(C)CO[C@]1(O)c1cccc(Cl)c1.Cc1ccc(C(=O)OC(C)C(=O)O)cc1. The van der Waals surface area contributed by atoms with Crippen LogP contribution in [0.5, 0.6) is 0 Å². The molecule has 7 atom stereocenters. The molecule has 4 aromatic rings. The molecule has 0 radical (unpaired) electrons. The summed E-state index contributed by atoms with van der Waals surface area (Å²) in [5.74, 6) is -5.73. The highest BCUT2D eigenvalue weighted by Crippen LogP contribution is 2.36. The Morgan fingerprint density at radius 1 is 0.591 bits per heavy atom. The number of carbonyl (C=O) groups is 2. The van der Waals surface area contributed by atoms with E-state index in [1.54, 1.807) is 60.7 Å². The molecule has 0 amide bonds. The Morgan fingerprint density at radius 3 is 1.15 bits per heavy atom. The predicted octanol–water partition coefficient (Wildman–Crippen LogP) is 8.44. The molecule has 16 heteroatoms. The maximum atomic E-state index is 11.4. The molecule has 3 heterocycles. The van der Waals surface area contributed by atoms with Crippen molar-refractivity contribution in [2.75, 3.05) is 19.8 Å². The zero-order valence-corrected chi connectivity index (χ0v) is 41.8. The number of rotatable bonds is 6. The highest BCUT2D eigenvalue weighted by Gasteiger charge is 2.47. The van der Waals surface area contributed by atoms with E-state index in [4.69, 9.17) is 58.9 Å². The quantitative estimate of drug-likeness (QED) is 0.0914. The van der Waals surface area contributed by atoms with E-state index < -0.39 is 35.4 Å². The van der Waals surface area contributed by atoms with Gasteiger partial charge in [0.05, 0.1) is 43.5 Å². The monoisotopic (exact) mass is 973 g/mol. The van der Waals surface area contributed by atoms with Crippen molar-refractivity contribution in [2.24, 2.45) is 0 Å². The highest BCUT2D eigenvalue weighted by molar-refractivity contribution is 6.31. The number of aliphatic carboxylic acids is 1. The molecule has 0 bridgehead atoms. The van der Waals surface area contributed by atoms with Gasteiger partial charge in [-0.15, -0.1) is 0 Å². The zero-order valence-electron chi connectivity index (χ0n) is 39.5. The average Bonchev–Trinajstić information content (AvgIpc) is 3.23. The van der Waals surface area contributed by atoms with Crippen LogP contribution in [0.1, 0.15) is 102 Å².